The quantitative estimate of drug-likeness (QED) is 0.194. The third-order valence-electron chi connectivity index (χ3n) is 4.91. The van der Waals surface area contributed by atoms with Crippen LogP contribution in [-0.2, 0) is 6.61 Å². The van der Waals surface area contributed by atoms with Gasteiger partial charge >= 0.3 is 0 Å². The van der Waals surface area contributed by atoms with Gasteiger partial charge in [0.15, 0.2) is 0 Å². The zero-order valence-corrected chi connectivity index (χ0v) is 21.7. The van der Waals surface area contributed by atoms with Crippen molar-refractivity contribution in [1.82, 2.24) is 9.97 Å². The van der Waals surface area contributed by atoms with Gasteiger partial charge in [-0.05, 0) is 81.6 Å². The number of halogens is 2. The highest BCUT2D eigenvalue weighted by molar-refractivity contribution is 14.1. The predicted molar refractivity (Wildman–Crippen MR) is 143 cm³/mol. The molecule has 0 aliphatic rings. The Morgan fingerprint density at radius 2 is 1.94 bits per heavy atom. The van der Waals surface area contributed by atoms with E-state index in [1.165, 1.54) is 0 Å². The van der Waals surface area contributed by atoms with Gasteiger partial charge in [-0.15, -0.1) is 0 Å². The van der Waals surface area contributed by atoms with Crippen LogP contribution in [0, 0.1) is 29.8 Å². The van der Waals surface area contributed by atoms with Crippen molar-refractivity contribution < 1.29 is 9.47 Å². The zero-order valence-electron chi connectivity index (χ0n) is 17.4. The highest BCUT2D eigenvalue weighted by atomic mass is 127. The molecule has 6 nitrogen and oxygen atoms in total. The molecule has 1 heterocycles. The first-order valence-corrected chi connectivity index (χ1v) is 11.9. The molecule has 0 unspecified atom stereocenters. The van der Waals surface area contributed by atoms with Gasteiger partial charge in [0, 0.05) is 20.8 Å². The van der Waals surface area contributed by atoms with E-state index < -0.39 is 0 Å². The summed E-state index contributed by atoms with van der Waals surface area (Å²) in [5.41, 5.74) is 4.04. The van der Waals surface area contributed by atoms with Crippen LogP contribution in [0.2, 0.25) is 0 Å². The molecule has 0 saturated carbocycles. The van der Waals surface area contributed by atoms with Crippen molar-refractivity contribution in [3.05, 3.63) is 84.3 Å². The average molecular weight is 658 g/mol. The summed E-state index contributed by atoms with van der Waals surface area (Å²) in [5, 5.41) is 19.2. The molecule has 0 bridgehead atoms. The Balaban J connectivity index is 1.73. The van der Waals surface area contributed by atoms with Gasteiger partial charge in [0.05, 0.1) is 38.9 Å². The Kier molecular flexibility index (Phi) is 7.16. The number of nitrogens with zero attached hydrogens (tertiary/aromatic N) is 3. The number of ether oxygens (including phenoxy) is 2. The van der Waals surface area contributed by atoms with Crippen molar-refractivity contribution in [2.24, 2.45) is 0 Å². The normalized spacial score (nSPS) is 11.1. The molecule has 0 fully saturated rings. The number of nitriles is 2. The molecule has 0 spiro atoms. The van der Waals surface area contributed by atoms with Gasteiger partial charge in [-0.2, -0.15) is 10.5 Å². The van der Waals surface area contributed by atoms with Gasteiger partial charge < -0.3 is 14.5 Å². The number of benzene rings is 3. The first-order valence-electron chi connectivity index (χ1n) is 9.78. The molecule has 0 radical (unpaired) electrons. The number of allylic oxidation sites excluding steroid dienone is 1. The molecule has 1 N–H and O–H groups in total. The van der Waals surface area contributed by atoms with E-state index in [1.807, 2.05) is 48.5 Å². The minimum atomic E-state index is 0.244. The van der Waals surface area contributed by atoms with Crippen molar-refractivity contribution in [1.29, 1.82) is 10.5 Å². The maximum Gasteiger partial charge on any atom is 0.149 e. The lowest BCUT2D eigenvalue weighted by Crippen LogP contribution is -2.02. The number of H-pyrrole nitrogens is 1. The number of aromatic amines is 1. The van der Waals surface area contributed by atoms with Crippen molar-refractivity contribution in [2.75, 3.05) is 7.11 Å². The Morgan fingerprint density at radius 3 is 2.70 bits per heavy atom. The van der Waals surface area contributed by atoms with Crippen molar-refractivity contribution in [2.45, 2.75) is 6.61 Å². The topological polar surface area (TPSA) is 94.7 Å². The van der Waals surface area contributed by atoms with Gasteiger partial charge in [0.1, 0.15) is 30.0 Å². The number of nitrogens with one attached hydrogen (secondary N) is 1. The van der Waals surface area contributed by atoms with E-state index in [1.54, 1.807) is 19.3 Å². The summed E-state index contributed by atoms with van der Waals surface area (Å²) in [6.07, 6.45) is 1.77. The van der Waals surface area contributed by atoms with Crippen LogP contribution in [0.5, 0.6) is 11.5 Å². The molecule has 8 heteroatoms. The summed E-state index contributed by atoms with van der Waals surface area (Å²) < 4.78 is 13.4. The second kappa shape index (κ2) is 10.2. The molecule has 0 amide bonds. The smallest absolute Gasteiger partial charge is 0.149 e. The Hall–Kier alpha value is -3.09. The third kappa shape index (κ3) is 5.13. The first kappa shape index (κ1) is 23.1. The first-order chi connectivity index (χ1) is 16.0. The molecular weight excluding hydrogens is 642 g/mol. The third-order valence-corrected chi connectivity index (χ3v) is 6.34. The summed E-state index contributed by atoms with van der Waals surface area (Å²) in [6, 6.07) is 21.3. The lowest BCUT2D eigenvalue weighted by atomic mass is 10.1. The van der Waals surface area contributed by atoms with E-state index >= 15 is 0 Å². The van der Waals surface area contributed by atoms with E-state index in [2.05, 4.69) is 67.3 Å². The number of imidazole rings is 1. The predicted octanol–water partition coefficient (Wildman–Crippen LogP) is 6.30. The van der Waals surface area contributed by atoms with Gasteiger partial charge in [0.2, 0.25) is 0 Å². The Morgan fingerprint density at radius 1 is 1.12 bits per heavy atom. The highest BCUT2D eigenvalue weighted by Gasteiger charge is 2.14. The summed E-state index contributed by atoms with van der Waals surface area (Å²) in [6.45, 7) is 0.244. The fourth-order valence-corrected chi connectivity index (χ4v) is 5.34. The zero-order chi connectivity index (χ0) is 23.4. The summed E-state index contributed by atoms with van der Waals surface area (Å²) in [7, 11) is 1.61. The summed E-state index contributed by atoms with van der Waals surface area (Å²) >= 11 is 4.46. The average Bonchev–Trinajstić information content (AvgIpc) is 3.25. The lowest BCUT2D eigenvalue weighted by molar-refractivity contribution is 0.303. The van der Waals surface area contributed by atoms with Crippen LogP contribution in [0.25, 0.3) is 22.7 Å². The van der Waals surface area contributed by atoms with Gasteiger partial charge in [0.25, 0.3) is 0 Å². The number of methoxy groups -OCH3 is 1. The number of hydrogen-bond acceptors (Lipinski definition) is 5. The van der Waals surface area contributed by atoms with Crippen LogP contribution in [0.15, 0.2) is 54.6 Å². The molecule has 1 aromatic heterocycles. The standard InChI is InChI=1S/C25H16I2N4O2/c1-32-20-6-7-22-23(11-20)31-25(30-22)18(13-29)8-17-9-19(26)10-21(27)24(17)33-14-16-5-3-2-4-15(16)12-28/h2-11H,14H2,1H3,(H,30,31)/b18-8-. The molecule has 4 rings (SSSR count). The monoisotopic (exact) mass is 658 g/mol. The van der Waals surface area contributed by atoms with Gasteiger partial charge in [-0.3, -0.25) is 0 Å². The van der Waals surface area contributed by atoms with E-state index in [0.29, 0.717) is 28.5 Å². The lowest BCUT2D eigenvalue weighted by Gasteiger charge is -2.13. The van der Waals surface area contributed by atoms with Crippen molar-refractivity contribution in [3.63, 3.8) is 0 Å². The maximum absolute atomic E-state index is 9.89. The number of rotatable bonds is 6. The largest absolute Gasteiger partial charge is 0.497 e. The molecule has 0 atom stereocenters. The van der Waals surface area contributed by atoms with Crippen LogP contribution in [0.3, 0.4) is 0 Å². The second-order valence-electron chi connectivity index (χ2n) is 7.00. The maximum atomic E-state index is 9.89. The van der Waals surface area contributed by atoms with Crippen LogP contribution in [-0.4, -0.2) is 17.1 Å². The summed E-state index contributed by atoms with van der Waals surface area (Å²) in [5.74, 6) is 1.82. The Bertz CT molecular complexity index is 1460. The minimum Gasteiger partial charge on any atom is -0.497 e. The number of aromatic nitrogens is 2. The molecule has 4 aromatic rings. The number of fused-ring (bicyclic) bond motifs is 1. The fourth-order valence-electron chi connectivity index (χ4n) is 3.30. The van der Waals surface area contributed by atoms with Crippen molar-refractivity contribution in [3.8, 4) is 23.6 Å². The van der Waals surface area contributed by atoms with Crippen LogP contribution < -0.4 is 9.47 Å². The van der Waals surface area contributed by atoms with E-state index in [-0.39, 0.29) is 6.61 Å². The molecule has 33 heavy (non-hydrogen) atoms. The Labute approximate surface area is 218 Å². The van der Waals surface area contributed by atoms with E-state index in [9.17, 15) is 10.5 Å². The molecular formula is C25H16I2N4O2. The molecule has 3 aromatic carbocycles. The van der Waals surface area contributed by atoms with E-state index in [0.717, 1.165) is 29.3 Å². The summed E-state index contributed by atoms with van der Waals surface area (Å²) in [4.78, 5) is 7.76. The van der Waals surface area contributed by atoms with Crippen molar-refractivity contribution >= 4 is 67.9 Å². The number of hydrogen-bond donors (Lipinski definition) is 1. The highest BCUT2D eigenvalue weighted by Crippen LogP contribution is 2.32. The van der Waals surface area contributed by atoms with Gasteiger partial charge in [-0.1, -0.05) is 18.2 Å². The molecule has 0 aliphatic carbocycles. The van der Waals surface area contributed by atoms with Gasteiger partial charge in [-0.25, -0.2) is 4.98 Å². The molecule has 0 saturated heterocycles. The fraction of sp³-hybridized carbons (Fsp3) is 0.0800. The molecule has 162 valence electrons. The van der Waals surface area contributed by atoms with E-state index in [4.69, 9.17) is 9.47 Å². The van der Waals surface area contributed by atoms with Crippen LogP contribution in [0.1, 0.15) is 22.5 Å². The second-order valence-corrected chi connectivity index (χ2v) is 9.41. The molecule has 0 aliphatic heterocycles. The SMILES string of the molecule is COc1ccc2nc(/C(C#N)=C\c3cc(I)cc(I)c3OCc3ccccc3C#N)[nH]c2c1. The van der Waals surface area contributed by atoms with Crippen LogP contribution >= 0.6 is 45.2 Å². The minimum absolute atomic E-state index is 0.244. The van der Waals surface area contributed by atoms with Crippen LogP contribution in [0.4, 0.5) is 0 Å².